The van der Waals surface area contributed by atoms with E-state index in [4.69, 9.17) is 0 Å². The highest BCUT2D eigenvalue weighted by Crippen LogP contribution is 2.29. The lowest BCUT2D eigenvalue weighted by atomic mass is 9.92. The van der Waals surface area contributed by atoms with Crippen molar-refractivity contribution in [3.05, 3.63) is 36.0 Å². The predicted molar refractivity (Wildman–Crippen MR) is 45.8 cm³/mol. The SMILES string of the molecule is C/C=C/C1(C)C=CC(C)=C1. The van der Waals surface area contributed by atoms with E-state index in [2.05, 4.69) is 51.2 Å². The highest BCUT2D eigenvalue weighted by Gasteiger charge is 2.16. The Morgan fingerprint density at radius 3 is 2.60 bits per heavy atom. The van der Waals surface area contributed by atoms with Gasteiger partial charge in [0.25, 0.3) is 0 Å². The van der Waals surface area contributed by atoms with Gasteiger partial charge in [0, 0.05) is 5.41 Å². The molecule has 1 aliphatic carbocycles. The van der Waals surface area contributed by atoms with Crippen LogP contribution in [0.4, 0.5) is 0 Å². The van der Waals surface area contributed by atoms with Gasteiger partial charge in [0.05, 0.1) is 0 Å². The maximum absolute atomic E-state index is 2.27. The van der Waals surface area contributed by atoms with E-state index in [-0.39, 0.29) is 5.41 Å². The van der Waals surface area contributed by atoms with Gasteiger partial charge in [-0.2, -0.15) is 0 Å². The minimum absolute atomic E-state index is 0.193. The topological polar surface area (TPSA) is 0 Å². The van der Waals surface area contributed by atoms with E-state index in [9.17, 15) is 0 Å². The van der Waals surface area contributed by atoms with Gasteiger partial charge >= 0.3 is 0 Å². The highest BCUT2D eigenvalue weighted by molar-refractivity contribution is 5.35. The monoisotopic (exact) mass is 134 g/mol. The smallest absolute Gasteiger partial charge is 0.0222 e. The molecule has 0 heteroatoms. The van der Waals surface area contributed by atoms with Crippen molar-refractivity contribution in [1.29, 1.82) is 0 Å². The molecule has 0 aromatic carbocycles. The first-order valence-electron chi connectivity index (χ1n) is 3.69. The minimum Gasteiger partial charge on any atom is -0.0905 e. The summed E-state index contributed by atoms with van der Waals surface area (Å²) in [4.78, 5) is 0. The quantitative estimate of drug-likeness (QED) is 0.483. The van der Waals surface area contributed by atoms with Crippen molar-refractivity contribution in [3.8, 4) is 0 Å². The van der Waals surface area contributed by atoms with Gasteiger partial charge in [-0.25, -0.2) is 0 Å². The molecule has 0 radical (unpaired) electrons. The summed E-state index contributed by atoms with van der Waals surface area (Å²) in [6.45, 7) is 6.39. The first-order valence-corrected chi connectivity index (χ1v) is 3.69. The molecule has 0 amide bonds. The second kappa shape index (κ2) is 2.45. The molecule has 0 nitrogen and oxygen atoms in total. The van der Waals surface area contributed by atoms with Crippen LogP contribution in [0.3, 0.4) is 0 Å². The average Bonchev–Trinajstić information content (AvgIpc) is 2.12. The van der Waals surface area contributed by atoms with Gasteiger partial charge in [0.1, 0.15) is 0 Å². The Hall–Kier alpha value is -0.780. The molecule has 0 N–H and O–H groups in total. The van der Waals surface area contributed by atoms with Crippen LogP contribution in [0.15, 0.2) is 36.0 Å². The fraction of sp³-hybridized carbons (Fsp3) is 0.400. The molecule has 1 rings (SSSR count). The van der Waals surface area contributed by atoms with Crippen molar-refractivity contribution in [2.24, 2.45) is 5.41 Å². The Kier molecular flexibility index (Phi) is 1.80. The van der Waals surface area contributed by atoms with Crippen LogP contribution in [0.5, 0.6) is 0 Å². The van der Waals surface area contributed by atoms with E-state index < -0.39 is 0 Å². The van der Waals surface area contributed by atoms with Crippen molar-refractivity contribution in [2.75, 3.05) is 0 Å². The Morgan fingerprint density at radius 2 is 2.20 bits per heavy atom. The van der Waals surface area contributed by atoms with Crippen LogP contribution < -0.4 is 0 Å². The summed E-state index contributed by atoms with van der Waals surface area (Å²) in [6, 6.07) is 0. The lowest BCUT2D eigenvalue weighted by molar-refractivity contribution is 0.725. The number of hydrogen-bond acceptors (Lipinski definition) is 0. The predicted octanol–water partition coefficient (Wildman–Crippen LogP) is 3.08. The van der Waals surface area contributed by atoms with Crippen LogP contribution in [-0.4, -0.2) is 0 Å². The molecule has 1 unspecified atom stereocenters. The van der Waals surface area contributed by atoms with E-state index in [1.54, 1.807) is 0 Å². The molecule has 1 atom stereocenters. The van der Waals surface area contributed by atoms with Gasteiger partial charge in [0.15, 0.2) is 0 Å². The summed E-state index contributed by atoms with van der Waals surface area (Å²) in [5.74, 6) is 0. The van der Waals surface area contributed by atoms with Crippen LogP contribution in [0, 0.1) is 5.41 Å². The van der Waals surface area contributed by atoms with Crippen molar-refractivity contribution < 1.29 is 0 Å². The summed E-state index contributed by atoms with van der Waals surface area (Å²) in [6.07, 6.45) is 11.0. The highest BCUT2D eigenvalue weighted by atomic mass is 14.2. The fourth-order valence-electron chi connectivity index (χ4n) is 1.36. The Labute approximate surface area is 62.9 Å². The maximum atomic E-state index is 2.27. The summed E-state index contributed by atoms with van der Waals surface area (Å²) < 4.78 is 0. The van der Waals surface area contributed by atoms with Gasteiger partial charge in [0.2, 0.25) is 0 Å². The van der Waals surface area contributed by atoms with Gasteiger partial charge in [-0.1, -0.05) is 36.0 Å². The van der Waals surface area contributed by atoms with E-state index >= 15 is 0 Å². The third-order valence-corrected chi connectivity index (χ3v) is 1.77. The van der Waals surface area contributed by atoms with Crippen LogP contribution in [-0.2, 0) is 0 Å². The van der Waals surface area contributed by atoms with E-state index in [0.717, 1.165) is 0 Å². The molecule has 0 saturated heterocycles. The second-order valence-corrected chi connectivity index (χ2v) is 3.09. The Balaban J connectivity index is 2.84. The summed E-state index contributed by atoms with van der Waals surface area (Å²) in [5, 5.41) is 0. The molecule has 0 aromatic rings. The van der Waals surface area contributed by atoms with Crippen molar-refractivity contribution >= 4 is 0 Å². The van der Waals surface area contributed by atoms with E-state index in [0.29, 0.717) is 0 Å². The summed E-state index contributed by atoms with van der Waals surface area (Å²) in [5.41, 5.74) is 1.55. The molecule has 0 aliphatic heterocycles. The van der Waals surface area contributed by atoms with Gasteiger partial charge in [-0.05, 0) is 20.8 Å². The van der Waals surface area contributed by atoms with Crippen LogP contribution >= 0.6 is 0 Å². The zero-order valence-electron chi connectivity index (χ0n) is 6.89. The van der Waals surface area contributed by atoms with Crippen LogP contribution in [0.2, 0.25) is 0 Å². The fourth-order valence-corrected chi connectivity index (χ4v) is 1.36. The average molecular weight is 134 g/mol. The zero-order valence-corrected chi connectivity index (χ0v) is 6.89. The third kappa shape index (κ3) is 1.38. The number of allylic oxidation sites excluding steroid dienone is 6. The molecule has 0 aromatic heterocycles. The summed E-state index contributed by atoms with van der Waals surface area (Å²) >= 11 is 0. The molecule has 10 heavy (non-hydrogen) atoms. The Bertz CT molecular complexity index is 202. The zero-order chi connectivity index (χ0) is 7.61. The molecule has 0 saturated carbocycles. The Morgan fingerprint density at radius 1 is 1.50 bits per heavy atom. The van der Waals surface area contributed by atoms with Gasteiger partial charge in [-0.3, -0.25) is 0 Å². The van der Waals surface area contributed by atoms with E-state index in [1.165, 1.54) is 5.57 Å². The normalized spacial score (nSPS) is 31.7. The molecular weight excluding hydrogens is 120 g/mol. The number of rotatable bonds is 1. The molecule has 54 valence electrons. The van der Waals surface area contributed by atoms with Gasteiger partial charge in [-0.15, -0.1) is 0 Å². The van der Waals surface area contributed by atoms with E-state index in [1.807, 2.05) is 0 Å². The van der Waals surface area contributed by atoms with Crippen LogP contribution in [0.1, 0.15) is 20.8 Å². The van der Waals surface area contributed by atoms with Crippen molar-refractivity contribution in [1.82, 2.24) is 0 Å². The lowest BCUT2D eigenvalue weighted by Crippen LogP contribution is -2.01. The first-order chi connectivity index (χ1) is 4.66. The van der Waals surface area contributed by atoms with Crippen LogP contribution in [0.25, 0.3) is 0 Å². The molecule has 0 bridgehead atoms. The lowest BCUT2D eigenvalue weighted by Gasteiger charge is -2.12. The summed E-state index contributed by atoms with van der Waals surface area (Å²) in [7, 11) is 0. The third-order valence-electron chi connectivity index (χ3n) is 1.77. The molecular formula is C10H14. The largest absolute Gasteiger partial charge is 0.0905 e. The minimum atomic E-state index is 0.193. The standard InChI is InChI=1S/C10H14/c1-4-6-10(3)7-5-9(2)8-10/h4-8H,1-3H3/b6-4+. The second-order valence-electron chi connectivity index (χ2n) is 3.09. The molecule has 0 spiro atoms. The molecule has 0 heterocycles. The van der Waals surface area contributed by atoms with Crippen molar-refractivity contribution in [2.45, 2.75) is 20.8 Å². The number of hydrogen-bond donors (Lipinski definition) is 0. The van der Waals surface area contributed by atoms with Gasteiger partial charge < -0.3 is 0 Å². The first kappa shape index (κ1) is 7.33. The maximum Gasteiger partial charge on any atom is 0.0222 e. The molecule has 1 aliphatic rings. The molecule has 0 fully saturated rings. The van der Waals surface area contributed by atoms with Crippen molar-refractivity contribution in [3.63, 3.8) is 0 Å².